The van der Waals surface area contributed by atoms with Crippen LogP contribution in [-0.2, 0) is 11.2 Å². The Morgan fingerprint density at radius 3 is 2.56 bits per heavy atom. The van der Waals surface area contributed by atoms with Gasteiger partial charge in [0.2, 0.25) is 0 Å². The standard InChI is InChI=1S/C16H19ClO/c1-10(2)16-9-13(16)8-12(15(16)18)7-11-3-5-14(17)6-4-11/h3-6,10,12-13H,7-9H2,1-2H3. The van der Waals surface area contributed by atoms with Crippen molar-refractivity contribution in [2.45, 2.75) is 33.1 Å². The van der Waals surface area contributed by atoms with E-state index < -0.39 is 0 Å². The van der Waals surface area contributed by atoms with Crippen molar-refractivity contribution in [3.05, 3.63) is 34.9 Å². The van der Waals surface area contributed by atoms with Crippen LogP contribution >= 0.6 is 11.6 Å². The van der Waals surface area contributed by atoms with E-state index >= 15 is 0 Å². The minimum atomic E-state index is 0.0527. The van der Waals surface area contributed by atoms with E-state index in [0.29, 0.717) is 17.6 Å². The zero-order chi connectivity index (χ0) is 12.9. The lowest BCUT2D eigenvalue weighted by Crippen LogP contribution is -2.25. The van der Waals surface area contributed by atoms with Crippen molar-refractivity contribution < 1.29 is 4.79 Å². The first kappa shape index (κ1) is 12.2. The second kappa shape index (κ2) is 4.09. The number of carbonyl (C=O) groups is 1. The van der Waals surface area contributed by atoms with E-state index in [1.165, 1.54) is 5.56 Å². The van der Waals surface area contributed by atoms with Crippen molar-refractivity contribution in [3.63, 3.8) is 0 Å². The van der Waals surface area contributed by atoms with Crippen LogP contribution in [0.3, 0.4) is 0 Å². The van der Waals surface area contributed by atoms with Gasteiger partial charge in [-0.3, -0.25) is 4.79 Å². The Morgan fingerprint density at radius 1 is 1.33 bits per heavy atom. The quantitative estimate of drug-likeness (QED) is 0.800. The van der Waals surface area contributed by atoms with E-state index in [9.17, 15) is 4.79 Å². The van der Waals surface area contributed by atoms with Gasteiger partial charge >= 0.3 is 0 Å². The second-order valence-corrected chi connectivity index (χ2v) is 6.66. The summed E-state index contributed by atoms with van der Waals surface area (Å²) in [7, 11) is 0. The Bertz CT molecular complexity index is 476. The highest BCUT2D eigenvalue weighted by atomic mass is 35.5. The monoisotopic (exact) mass is 262 g/mol. The fourth-order valence-corrected chi connectivity index (χ4v) is 3.97. The number of halogens is 1. The summed E-state index contributed by atoms with van der Waals surface area (Å²) >= 11 is 5.88. The zero-order valence-corrected chi connectivity index (χ0v) is 11.7. The Labute approximate surface area is 114 Å². The molecule has 96 valence electrons. The van der Waals surface area contributed by atoms with Gasteiger partial charge in [0.05, 0.1) is 0 Å². The second-order valence-electron chi connectivity index (χ2n) is 6.22. The van der Waals surface area contributed by atoms with Crippen molar-refractivity contribution in [3.8, 4) is 0 Å². The van der Waals surface area contributed by atoms with Gasteiger partial charge in [-0.25, -0.2) is 0 Å². The topological polar surface area (TPSA) is 17.1 Å². The molecular formula is C16H19ClO. The number of hydrogen-bond acceptors (Lipinski definition) is 1. The predicted molar refractivity (Wildman–Crippen MR) is 73.6 cm³/mol. The number of rotatable bonds is 3. The van der Waals surface area contributed by atoms with Gasteiger partial charge in [-0.2, -0.15) is 0 Å². The number of ketones is 1. The first-order valence-electron chi connectivity index (χ1n) is 6.83. The Balaban J connectivity index is 1.73. The highest BCUT2D eigenvalue weighted by molar-refractivity contribution is 6.30. The van der Waals surface area contributed by atoms with Crippen LogP contribution in [0.1, 0.15) is 32.3 Å². The normalized spacial score (nSPS) is 33.9. The van der Waals surface area contributed by atoms with Crippen LogP contribution in [0.25, 0.3) is 0 Å². The minimum absolute atomic E-state index is 0.0527. The number of carbonyl (C=O) groups excluding carboxylic acids is 1. The fourth-order valence-electron chi connectivity index (χ4n) is 3.85. The maximum Gasteiger partial charge on any atom is 0.142 e. The van der Waals surface area contributed by atoms with E-state index in [1.54, 1.807) is 0 Å². The van der Waals surface area contributed by atoms with Gasteiger partial charge in [-0.1, -0.05) is 37.6 Å². The summed E-state index contributed by atoms with van der Waals surface area (Å²) in [5.74, 6) is 1.94. The fraction of sp³-hybridized carbons (Fsp3) is 0.562. The molecule has 2 saturated carbocycles. The molecule has 0 heterocycles. The van der Waals surface area contributed by atoms with E-state index in [4.69, 9.17) is 11.6 Å². The molecule has 2 fully saturated rings. The molecule has 1 aromatic rings. The molecule has 0 bridgehead atoms. The lowest BCUT2D eigenvalue weighted by molar-refractivity contribution is -0.127. The molecule has 3 atom stereocenters. The molecule has 2 aliphatic rings. The third kappa shape index (κ3) is 1.72. The van der Waals surface area contributed by atoms with Crippen LogP contribution in [0.5, 0.6) is 0 Å². The smallest absolute Gasteiger partial charge is 0.142 e. The van der Waals surface area contributed by atoms with Gasteiger partial charge < -0.3 is 0 Å². The largest absolute Gasteiger partial charge is 0.299 e. The molecule has 2 heteroatoms. The maximum absolute atomic E-state index is 12.6. The van der Waals surface area contributed by atoms with Gasteiger partial charge in [-0.05, 0) is 48.8 Å². The van der Waals surface area contributed by atoms with Crippen molar-refractivity contribution >= 4 is 17.4 Å². The lowest BCUT2D eigenvalue weighted by Gasteiger charge is -2.18. The number of fused-ring (bicyclic) bond motifs is 1. The molecule has 0 spiro atoms. The molecule has 0 saturated heterocycles. The van der Waals surface area contributed by atoms with Gasteiger partial charge in [-0.15, -0.1) is 0 Å². The van der Waals surface area contributed by atoms with E-state index in [0.717, 1.165) is 24.3 Å². The summed E-state index contributed by atoms with van der Waals surface area (Å²) in [5.41, 5.74) is 1.29. The highest BCUT2D eigenvalue weighted by Gasteiger charge is 2.67. The van der Waals surface area contributed by atoms with E-state index in [1.807, 2.05) is 24.3 Å². The molecule has 0 N–H and O–H groups in total. The van der Waals surface area contributed by atoms with E-state index in [-0.39, 0.29) is 11.3 Å². The summed E-state index contributed by atoms with van der Waals surface area (Å²) < 4.78 is 0. The third-order valence-corrected chi connectivity index (χ3v) is 5.23. The molecule has 1 aromatic carbocycles. The van der Waals surface area contributed by atoms with E-state index in [2.05, 4.69) is 13.8 Å². The average Bonchev–Trinajstić information content (AvgIpc) is 2.99. The zero-order valence-electron chi connectivity index (χ0n) is 10.9. The Morgan fingerprint density at radius 2 is 2.00 bits per heavy atom. The number of hydrogen-bond donors (Lipinski definition) is 0. The van der Waals surface area contributed by atoms with Crippen molar-refractivity contribution in [1.29, 1.82) is 0 Å². The van der Waals surface area contributed by atoms with Crippen LogP contribution in [0, 0.1) is 23.2 Å². The van der Waals surface area contributed by atoms with Gasteiger partial charge in [0.25, 0.3) is 0 Å². The molecule has 0 aromatic heterocycles. The lowest BCUT2D eigenvalue weighted by atomic mass is 9.84. The molecule has 0 radical (unpaired) electrons. The van der Waals surface area contributed by atoms with Crippen molar-refractivity contribution in [1.82, 2.24) is 0 Å². The summed E-state index contributed by atoms with van der Waals surface area (Å²) in [6, 6.07) is 7.91. The van der Waals surface area contributed by atoms with Gasteiger partial charge in [0.1, 0.15) is 5.78 Å². The van der Waals surface area contributed by atoms with Crippen LogP contribution in [0.2, 0.25) is 5.02 Å². The van der Waals surface area contributed by atoms with Crippen molar-refractivity contribution in [2.24, 2.45) is 23.2 Å². The number of Topliss-reactive ketones (excluding diaryl/α,β-unsaturated/α-hetero) is 1. The summed E-state index contributed by atoms with van der Waals surface area (Å²) in [6.45, 7) is 4.39. The average molecular weight is 263 g/mol. The van der Waals surface area contributed by atoms with Crippen LogP contribution < -0.4 is 0 Å². The molecule has 3 rings (SSSR count). The maximum atomic E-state index is 12.6. The third-order valence-electron chi connectivity index (χ3n) is 4.98. The molecule has 2 aliphatic carbocycles. The summed E-state index contributed by atoms with van der Waals surface area (Å²) in [6.07, 6.45) is 3.13. The number of benzene rings is 1. The van der Waals surface area contributed by atoms with Crippen LogP contribution in [-0.4, -0.2) is 5.78 Å². The first-order chi connectivity index (χ1) is 8.54. The van der Waals surface area contributed by atoms with Crippen LogP contribution in [0.4, 0.5) is 0 Å². The highest BCUT2D eigenvalue weighted by Crippen LogP contribution is 2.67. The summed E-state index contributed by atoms with van der Waals surface area (Å²) in [5, 5.41) is 0.762. The molecule has 3 unspecified atom stereocenters. The Kier molecular flexibility index (Phi) is 2.78. The molecule has 0 amide bonds. The molecule has 1 nitrogen and oxygen atoms in total. The Hall–Kier alpha value is -0.820. The molecule has 0 aliphatic heterocycles. The molecule has 18 heavy (non-hydrogen) atoms. The minimum Gasteiger partial charge on any atom is -0.299 e. The van der Waals surface area contributed by atoms with Crippen molar-refractivity contribution in [2.75, 3.05) is 0 Å². The molecular weight excluding hydrogens is 244 g/mol. The van der Waals surface area contributed by atoms with Gasteiger partial charge in [0.15, 0.2) is 0 Å². The first-order valence-corrected chi connectivity index (χ1v) is 7.20. The predicted octanol–water partition coefficient (Wildman–Crippen LogP) is 4.13. The SMILES string of the molecule is CC(C)C12CC1CC(Cc1ccc(Cl)cc1)C2=O. The summed E-state index contributed by atoms with van der Waals surface area (Å²) in [4.78, 5) is 12.6. The van der Waals surface area contributed by atoms with Gasteiger partial charge in [0, 0.05) is 16.4 Å². The van der Waals surface area contributed by atoms with Crippen LogP contribution in [0.15, 0.2) is 24.3 Å².